The first-order valence-corrected chi connectivity index (χ1v) is 22.3. The lowest BCUT2D eigenvalue weighted by Gasteiger charge is -2.18. The van der Waals surface area contributed by atoms with E-state index in [0.29, 0.717) is 19.3 Å². The molecule has 0 aromatic carbocycles. The number of rotatable bonds is 39. The molecule has 310 valence electrons. The largest absolute Gasteiger partial charge is 0.462 e. The molecule has 6 heteroatoms. The molecule has 0 aromatic heterocycles. The molecule has 0 saturated heterocycles. The molecular weight excluding hydrogens is 673 g/mol. The zero-order valence-electron chi connectivity index (χ0n) is 35.2. The Kier molecular flexibility index (Phi) is 40.6. The predicted octanol–water partition coefficient (Wildman–Crippen LogP) is 14.1. The van der Waals surface area contributed by atoms with Gasteiger partial charge in [0.25, 0.3) is 0 Å². The summed E-state index contributed by atoms with van der Waals surface area (Å²) in [5.41, 5.74) is 0. The van der Waals surface area contributed by atoms with Crippen molar-refractivity contribution in [3.8, 4) is 0 Å². The number of hydrogen-bond acceptors (Lipinski definition) is 6. The van der Waals surface area contributed by atoms with E-state index >= 15 is 0 Å². The summed E-state index contributed by atoms with van der Waals surface area (Å²) in [6.07, 6.45) is 50.7. The molecule has 0 aliphatic rings. The molecule has 0 amide bonds. The van der Waals surface area contributed by atoms with Crippen molar-refractivity contribution < 1.29 is 28.6 Å². The fourth-order valence-electron chi connectivity index (χ4n) is 5.90. The average Bonchev–Trinajstić information content (AvgIpc) is 3.17. The Hall–Kier alpha value is -2.89. The van der Waals surface area contributed by atoms with Crippen LogP contribution in [0.2, 0.25) is 0 Å². The predicted molar refractivity (Wildman–Crippen MR) is 228 cm³/mol. The van der Waals surface area contributed by atoms with Gasteiger partial charge in [0.15, 0.2) is 6.10 Å². The number of ether oxygens (including phenoxy) is 3. The number of carbonyl (C=O) groups excluding carboxylic acids is 3. The molecular formula is C48H82O6. The van der Waals surface area contributed by atoms with Gasteiger partial charge in [-0.2, -0.15) is 0 Å². The van der Waals surface area contributed by atoms with Gasteiger partial charge in [0, 0.05) is 19.3 Å². The molecule has 1 unspecified atom stereocenters. The summed E-state index contributed by atoms with van der Waals surface area (Å²) >= 11 is 0. The molecule has 0 heterocycles. The SMILES string of the molecule is CC/C=C\C/C=C\C/C=C\C/C=C\CCCCC(=O)OCC(COC(=O)CCCCCCCCC)OC(=O)CCCCCCC/C=C\CCCCCCC. The third-order valence-corrected chi connectivity index (χ3v) is 9.26. The van der Waals surface area contributed by atoms with Gasteiger partial charge < -0.3 is 14.2 Å². The average molecular weight is 755 g/mol. The molecule has 1 atom stereocenters. The number of carbonyl (C=O) groups is 3. The molecule has 0 aromatic rings. The van der Waals surface area contributed by atoms with Crippen LogP contribution in [-0.2, 0) is 28.6 Å². The van der Waals surface area contributed by atoms with Crippen LogP contribution in [0.15, 0.2) is 60.8 Å². The maximum atomic E-state index is 12.7. The molecule has 0 radical (unpaired) electrons. The van der Waals surface area contributed by atoms with Crippen LogP contribution < -0.4 is 0 Å². The van der Waals surface area contributed by atoms with Crippen LogP contribution >= 0.6 is 0 Å². The van der Waals surface area contributed by atoms with Gasteiger partial charge in [-0.3, -0.25) is 14.4 Å². The second-order valence-corrected chi connectivity index (χ2v) is 14.6. The molecule has 0 bridgehead atoms. The van der Waals surface area contributed by atoms with E-state index in [1.807, 2.05) is 0 Å². The van der Waals surface area contributed by atoms with Gasteiger partial charge in [0.05, 0.1) is 0 Å². The Morgan fingerprint density at radius 2 is 0.722 bits per heavy atom. The molecule has 54 heavy (non-hydrogen) atoms. The molecule has 0 aliphatic carbocycles. The first-order chi connectivity index (χ1) is 26.5. The lowest BCUT2D eigenvalue weighted by atomic mass is 10.1. The normalized spacial score (nSPS) is 12.6. The summed E-state index contributed by atoms with van der Waals surface area (Å²) in [5, 5.41) is 0. The van der Waals surface area contributed by atoms with Crippen LogP contribution in [0.25, 0.3) is 0 Å². The van der Waals surface area contributed by atoms with Gasteiger partial charge in [0.1, 0.15) is 13.2 Å². The number of allylic oxidation sites excluding steroid dienone is 10. The fraction of sp³-hybridized carbons (Fsp3) is 0.729. The van der Waals surface area contributed by atoms with Gasteiger partial charge in [-0.05, 0) is 83.5 Å². The third kappa shape index (κ3) is 40.3. The van der Waals surface area contributed by atoms with Crippen LogP contribution in [0.1, 0.15) is 207 Å². The highest BCUT2D eigenvalue weighted by Crippen LogP contribution is 2.13. The highest BCUT2D eigenvalue weighted by molar-refractivity contribution is 5.71. The Balaban J connectivity index is 4.41. The molecule has 0 fully saturated rings. The number of hydrogen-bond donors (Lipinski definition) is 0. The monoisotopic (exact) mass is 755 g/mol. The van der Waals surface area contributed by atoms with Crippen molar-refractivity contribution >= 4 is 17.9 Å². The van der Waals surface area contributed by atoms with Gasteiger partial charge in [-0.25, -0.2) is 0 Å². The van der Waals surface area contributed by atoms with E-state index in [2.05, 4.69) is 81.5 Å². The van der Waals surface area contributed by atoms with Crippen molar-refractivity contribution in [2.24, 2.45) is 0 Å². The fourth-order valence-corrected chi connectivity index (χ4v) is 5.90. The zero-order valence-corrected chi connectivity index (χ0v) is 35.2. The maximum Gasteiger partial charge on any atom is 0.306 e. The van der Waals surface area contributed by atoms with Crippen molar-refractivity contribution in [1.29, 1.82) is 0 Å². The molecule has 0 N–H and O–H groups in total. The van der Waals surface area contributed by atoms with Crippen molar-refractivity contribution in [2.75, 3.05) is 13.2 Å². The Labute approximate surface area is 332 Å². The maximum absolute atomic E-state index is 12.7. The molecule has 0 spiro atoms. The number of esters is 3. The van der Waals surface area contributed by atoms with E-state index in [1.54, 1.807) is 0 Å². The summed E-state index contributed by atoms with van der Waals surface area (Å²) in [6, 6.07) is 0. The van der Waals surface area contributed by atoms with Crippen molar-refractivity contribution in [2.45, 2.75) is 213 Å². The summed E-state index contributed by atoms with van der Waals surface area (Å²) in [7, 11) is 0. The van der Waals surface area contributed by atoms with E-state index in [1.165, 1.54) is 70.6 Å². The van der Waals surface area contributed by atoms with Crippen LogP contribution in [0.5, 0.6) is 0 Å². The smallest absolute Gasteiger partial charge is 0.306 e. The van der Waals surface area contributed by atoms with Crippen LogP contribution in [0.3, 0.4) is 0 Å². The topological polar surface area (TPSA) is 78.9 Å². The van der Waals surface area contributed by atoms with Crippen molar-refractivity contribution in [1.82, 2.24) is 0 Å². The zero-order chi connectivity index (χ0) is 39.4. The minimum Gasteiger partial charge on any atom is -0.462 e. The summed E-state index contributed by atoms with van der Waals surface area (Å²) in [5.74, 6) is -0.954. The highest BCUT2D eigenvalue weighted by atomic mass is 16.6. The minimum absolute atomic E-state index is 0.0908. The molecule has 0 saturated carbocycles. The second kappa shape index (κ2) is 42.8. The standard InChI is InChI=1S/C48H82O6/c1-4-7-10-13-16-18-20-22-24-26-27-29-32-35-38-41-47(50)53-44-45(43-52-46(49)40-37-34-31-15-12-9-6-3)54-48(51)42-39-36-33-30-28-25-23-21-19-17-14-11-8-5-2/h7,10,16,18,21-24,27,29,45H,4-6,8-9,11-15,17,19-20,25-26,28,30-44H2,1-3H3/b10-7-,18-16-,23-21-,24-22-,29-27-. The van der Waals surface area contributed by atoms with E-state index < -0.39 is 6.10 Å². The van der Waals surface area contributed by atoms with Gasteiger partial charge in [-0.15, -0.1) is 0 Å². The number of unbranched alkanes of at least 4 members (excludes halogenated alkanes) is 18. The lowest BCUT2D eigenvalue weighted by molar-refractivity contribution is -0.167. The van der Waals surface area contributed by atoms with E-state index in [0.717, 1.165) is 96.3 Å². The quantitative estimate of drug-likeness (QED) is 0.0269. The van der Waals surface area contributed by atoms with Gasteiger partial charge >= 0.3 is 17.9 Å². The Morgan fingerprint density at radius 3 is 1.19 bits per heavy atom. The van der Waals surface area contributed by atoms with E-state index in [4.69, 9.17) is 14.2 Å². The summed E-state index contributed by atoms with van der Waals surface area (Å²) < 4.78 is 16.6. The Bertz CT molecular complexity index is 1010. The van der Waals surface area contributed by atoms with Crippen molar-refractivity contribution in [3.05, 3.63) is 60.8 Å². The van der Waals surface area contributed by atoms with Gasteiger partial charge in [0.2, 0.25) is 0 Å². The van der Waals surface area contributed by atoms with E-state index in [-0.39, 0.29) is 31.1 Å². The molecule has 6 nitrogen and oxygen atoms in total. The second-order valence-electron chi connectivity index (χ2n) is 14.6. The third-order valence-electron chi connectivity index (χ3n) is 9.26. The van der Waals surface area contributed by atoms with Crippen LogP contribution in [0.4, 0.5) is 0 Å². The van der Waals surface area contributed by atoms with Crippen LogP contribution in [0, 0.1) is 0 Å². The first kappa shape index (κ1) is 51.1. The summed E-state index contributed by atoms with van der Waals surface area (Å²) in [6.45, 7) is 6.41. The summed E-state index contributed by atoms with van der Waals surface area (Å²) in [4.78, 5) is 37.6. The highest BCUT2D eigenvalue weighted by Gasteiger charge is 2.19. The van der Waals surface area contributed by atoms with Gasteiger partial charge in [-0.1, -0.05) is 165 Å². The molecule has 0 aliphatic heterocycles. The lowest BCUT2D eigenvalue weighted by Crippen LogP contribution is -2.30. The Morgan fingerprint density at radius 1 is 0.389 bits per heavy atom. The first-order valence-electron chi connectivity index (χ1n) is 22.3. The van der Waals surface area contributed by atoms with E-state index in [9.17, 15) is 14.4 Å². The minimum atomic E-state index is -0.790. The van der Waals surface area contributed by atoms with Crippen LogP contribution in [-0.4, -0.2) is 37.2 Å². The molecule has 0 rings (SSSR count). The van der Waals surface area contributed by atoms with Crippen molar-refractivity contribution in [3.63, 3.8) is 0 Å².